The first-order valence-electron chi connectivity index (χ1n) is 9.90. The van der Waals surface area contributed by atoms with Crippen molar-refractivity contribution in [2.24, 2.45) is 0 Å². The van der Waals surface area contributed by atoms with Crippen molar-refractivity contribution >= 4 is 29.9 Å². The highest BCUT2D eigenvalue weighted by Crippen LogP contribution is 2.37. The number of hydrogen-bond acceptors (Lipinski definition) is 6. The first kappa shape index (κ1) is 21.9. The normalized spacial score (nSPS) is 16.8. The molecule has 1 saturated heterocycles. The first-order chi connectivity index (χ1) is 14.0. The van der Waals surface area contributed by atoms with Gasteiger partial charge in [0, 0.05) is 25.3 Å². The van der Waals surface area contributed by atoms with Crippen LogP contribution >= 0.6 is 0 Å². The predicted octanol–water partition coefficient (Wildman–Crippen LogP) is 3.69. The Morgan fingerprint density at radius 1 is 1.07 bits per heavy atom. The van der Waals surface area contributed by atoms with E-state index in [2.05, 4.69) is 6.07 Å². The van der Waals surface area contributed by atoms with E-state index < -0.39 is 18.3 Å². The van der Waals surface area contributed by atoms with Gasteiger partial charge in [-0.3, -0.25) is 4.79 Å². The molecule has 2 aromatic carbocycles. The number of anilines is 2. The fraction of sp³-hybridized carbons (Fsp3) is 0.391. The molecule has 1 aliphatic heterocycles. The van der Waals surface area contributed by atoms with Crippen LogP contribution in [0.1, 0.15) is 45.7 Å². The van der Waals surface area contributed by atoms with Gasteiger partial charge in [-0.05, 0) is 75.1 Å². The molecule has 0 aliphatic carbocycles. The third-order valence-electron chi connectivity index (χ3n) is 5.84. The highest BCUT2D eigenvalue weighted by molar-refractivity contribution is 6.62. The van der Waals surface area contributed by atoms with Crippen molar-refractivity contribution in [1.82, 2.24) is 0 Å². The summed E-state index contributed by atoms with van der Waals surface area (Å²) in [6.45, 7) is 9.54. The molecule has 0 saturated carbocycles. The quantitative estimate of drug-likeness (QED) is 0.557. The van der Waals surface area contributed by atoms with E-state index >= 15 is 0 Å². The van der Waals surface area contributed by atoms with Crippen LogP contribution in [0.5, 0.6) is 0 Å². The van der Waals surface area contributed by atoms with Gasteiger partial charge in [0.25, 0.3) is 0 Å². The molecule has 0 aromatic heterocycles. The molecule has 0 atom stereocenters. The van der Waals surface area contributed by atoms with Gasteiger partial charge < -0.3 is 18.9 Å². The number of ether oxygens (including phenoxy) is 1. The van der Waals surface area contributed by atoms with Crippen LogP contribution in [-0.4, -0.2) is 31.3 Å². The number of benzene rings is 2. The Labute approximate surface area is 178 Å². The highest BCUT2D eigenvalue weighted by atomic mass is 16.7. The fourth-order valence-electron chi connectivity index (χ4n) is 3.21. The van der Waals surface area contributed by atoms with E-state index in [9.17, 15) is 4.79 Å². The molecule has 6 nitrogen and oxygen atoms in total. The highest BCUT2D eigenvalue weighted by Gasteiger charge is 2.52. The Hall–Kier alpha value is -2.82. The number of hydrogen-bond donors (Lipinski definition) is 0. The molecule has 1 aliphatic rings. The zero-order valence-electron chi connectivity index (χ0n) is 18.4. The summed E-state index contributed by atoms with van der Waals surface area (Å²) < 4.78 is 17.7. The second-order valence-electron chi connectivity index (χ2n) is 8.47. The molecular formula is C23H27BN2O4. The zero-order valence-corrected chi connectivity index (χ0v) is 18.4. The summed E-state index contributed by atoms with van der Waals surface area (Å²) in [5.74, 6) is -0.347. The SMILES string of the molecule is CC(=O)OCc1cc(N(C)c2ccc(C#N)cc2)ccc1B1OC(C)(C)C(C)(C)O1. The van der Waals surface area contributed by atoms with Gasteiger partial charge in [0.1, 0.15) is 6.61 Å². The lowest BCUT2D eigenvalue weighted by molar-refractivity contribution is -0.142. The van der Waals surface area contributed by atoms with E-state index in [1.165, 1.54) is 6.92 Å². The maximum Gasteiger partial charge on any atom is 0.495 e. The summed E-state index contributed by atoms with van der Waals surface area (Å²) in [5, 5.41) is 9.00. The third kappa shape index (κ3) is 4.35. The van der Waals surface area contributed by atoms with E-state index in [-0.39, 0.29) is 12.6 Å². The number of carbonyl (C=O) groups is 1. The molecular weight excluding hydrogens is 379 g/mol. The van der Waals surface area contributed by atoms with Crippen LogP contribution in [0.2, 0.25) is 0 Å². The van der Waals surface area contributed by atoms with Gasteiger partial charge in [0.2, 0.25) is 0 Å². The molecule has 0 radical (unpaired) electrons. The minimum atomic E-state index is -0.546. The van der Waals surface area contributed by atoms with Gasteiger partial charge in [0.15, 0.2) is 0 Å². The van der Waals surface area contributed by atoms with Crippen LogP contribution in [0.15, 0.2) is 42.5 Å². The van der Waals surface area contributed by atoms with Crippen molar-refractivity contribution in [3.8, 4) is 6.07 Å². The van der Waals surface area contributed by atoms with Gasteiger partial charge in [-0.2, -0.15) is 5.26 Å². The van der Waals surface area contributed by atoms with Crippen molar-refractivity contribution in [3.63, 3.8) is 0 Å². The fourth-order valence-corrected chi connectivity index (χ4v) is 3.21. The number of nitriles is 1. The number of rotatable bonds is 5. The van der Waals surface area contributed by atoms with Crippen molar-refractivity contribution in [2.45, 2.75) is 52.4 Å². The largest absolute Gasteiger partial charge is 0.495 e. The maximum atomic E-state index is 11.4. The lowest BCUT2D eigenvalue weighted by atomic mass is 9.76. The lowest BCUT2D eigenvalue weighted by Crippen LogP contribution is -2.41. The Morgan fingerprint density at radius 2 is 1.63 bits per heavy atom. The molecule has 3 rings (SSSR count). The Balaban J connectivity index is 1.95. The van der Waals surface area contributed by atoms with Crippen LogP contribution in [-0.2, 0) is 25.4 Å². The maximum absolute atomic E-state index is 11.4. The average Bonchev–Trinajstić information content (AvgIpc) is 2.92. The summed E-state index contributed by atoms with van der Waals surface area (Å²) in [5.41, 5.74) is 3.20. The molecule has 1 heterocycles. The van der Waals surface area contributed by atoms with Crippen LogP contribution in [0, 0.1) is 11.3 Å². The summed E-state index contributed by atoms with van der Waals surface area (Å²) in [6.07, 6.45) is 0. The van der Waals surface area contributed by atoms with E-state index in [1.54, 1.807) is 12.1 Å². The molecule has 1 fully saturated rings. The number of esters is 1. The number of nitrogens with zero attached hydrogens (tertiary/aromatic N) is 2. The molecule has 156 valence electrons. The summed E-state index contributed by atoms with van der Waals surface area (Å²) in [7, 11) is 1.40. The van der Waals surface area contributed by atoms with Gasteiger partial charge >= 0.3 is 13.1 Å². The molecule has 0 bridgehead atoms. The third-order valence-corrected chi connectivity index (χ3v) is 5.84. The molecule has 0 N–H and O–H groups in total. The van der Waals surface area contributed by atoms with E-state index in [4.69, 9.17) is 19.3 Å². The predicted molar refractivity (Wildman–Crippen MR) is 117 cm³/mol. The monoisotopic (exact) mass is 406 g/mol. The minimum Gasteiger partial charge on any atom is -0.461 e. The Bertz CT molecular complexity index is 964. The van der Waals surface area contributed by atoms with Crippen LogP contribution in [0.3, 0.4) is 0 Å². The van der Waals surface area contributed by atoms with Crippen LogP contribution in [0.4, 0.5) is 11.4 Å². The zero-order chi connectivity index (χ0) is 22.1. The second-order valence-corrected chi connectivity index (χ2v) is 8.47. The average molecular weight is 406 g/mol. The van der Waals surface area contributed by atoms with E-state index in [0.717, 1.165) is 22.4 Å². The van der Waals surface area contributed by atoms with Crippen molar-refractivity contribution in [2.75, 3.05) is 11.9 Å². The standard InChI is InChI=1S/C23H27BN2O4/c1-16(27)28-15-18-13-20(26(6)19-9-7-17(14-25)8-10-19)11-12-21(18)24-29-22(2,3)23(4,5)30-24/h7-13H,15H2,1-6H3. The first-order valence-corrected chi connectivity index (χ1v) is 9.90. The van der Waals surface area contributed by atoms with Crippen LogP contribution in [0.25, 0.3) is 0 Å². The summed E-state index contributed by atoms with van der Waals surface area (Å²) in [4.78, 5) is 13.4. The molecule has 2 aromatic rings. The summed E-state index contributed by atoms with van der Waals surface area (Å²) >= 11 is 0. The van der Waals surface area contributed by atoms with Crippen molar-refractivity contribution in [1.29, 1.82) is 5.26 Å². The van der Waals surface area contributed by atoms with Crippen molar-refractivity contribution < 1.29 is 18.8 Å². The molecule has 0 unspecified atom stereocenters. The van der Waals surface area contributed by atoms with Gasteiger partial charge in [-0.15, -0.1) is 0 Å². The van der Waals surface area contributed by atoms with Gasteiger partial charge in [0.05, 0.1) is 22.8 Å². The second kappa shape index (κ2) is 8.13. The number of carbonyl (C=O) groups excluding carboxylic acids is 1. The Morgan fingerprint density at radius 3 is 2.17 bits per heavy atom. The minimum absolute atomic E-state index is 0.129. The van der Waals surface area contributed by atoms with E-state index in [1.807, 2.05) is 70.0 Å². The molecule has 0 spiro atoms. The van der Waals surface area contributed by atoms with Crippen LogP contribution < -0.4 is 10.4 Å². The van der Waals surface area contributed by atoms with E-state index in [0.29, 0.717) is 5.56 Å². The molecule has 30 heavy (non-hydrogen) atoms. The Kier molecular flexibility index (Phi) is 5.93. The summed E-state index contributed by atoms with van der Waals surface area (Å²) in [6, 6.07) is 15.4. The van der Waals surface area contributed by atoms with Gasteiger partial charge in [-0.25, -0.2) is 0 Å². The molecule has 0 amide bonds. The van der Waals surface area contributed by atoms with Gasteiger partial charge in [-0.1, -0.05) is 6.07 Å². The molecule has 7 heteroatoms. The van der Waals surface area contributed by atoms with Crippen molar-refractivity contribution in [3.05, 3.63) is 53.6 Å². The smallest absolute Gasteiger partial charge is 0.461 e. The topological polar surface area (TPSA) is 71.8 Å². The lowest BCUT2D eigenvalue weighted by Gasteiger charge is -2.32.